The molecule has 0 radical (unpaired) electrons. The van der Waals surface area contributed by atoms with Gasteiger partial charge in [0, 0.05) is 6.20 Å². The Hall–Kier alpha value is -1.84. The third kappa shape index (κ3) is 1.51. The molecule has 0 fully saturated rings. The molecule has 2 N–H and O–H groups in total. The zero-order chi connectivity index (χ0) is 9.26. The molecule has 66 valence electrons. The lowest BCUT2D eigenvalue weighted by Crippen LogP contribution is -1.99. The summed E-state index contributed by atoms with van der Waals surface area (Å²) in [5, 5.41) is 0. The van der Waals surface area contributed by atoms with Crippen LogP contribution < -0.4 is 5.69 Å². The molecule has 1 aromatic carbocycles. The number of H-pyrrole nitrogens is 2. The number of aromatic nitrogens is 2. The second-order valence-corrected chi connectivity index (χ2v) is 2.66. The summed E-state index contributed by atoms with van der Waals surface area (Å²) in [5.74, 6) is -0.290. The minimum Gasteiger partial charge on any atom is -0.312 e. The van der Waals surface area contributed by atoms with E-state index in [0.717, 1.165) is 5.56 Å². The molecule has 1 aromatic heterocycles. The third-order valence-electron chi connectivity index (χ3n) is 1.75. The van der Waals surface area contributed by atoms with E-state index in [1.165, 1.54) is 12.1 Å². The van der Waals surface area contributed by atoms with E-state index in [9.17, 15) is 9.18 Å². The van der Waals surface area contributed by atoms with Crippen LogP contribution in [-0.4, -0.2) is 9.97 Å². The topological polar surface area (TPSA) is 48.6 Å². The maximum absolute atomic E-state index is 12.5. The Labute approximate surface area is 73.2 Å². The van der Waals surface area contributed by atoms with Crippen LogP contribution in [0.5, 0.6) is 0 Å². The zero-order valence-electron chi connectivity index (χ0n) is 6.67. The van der Waals surface area contributed by atoms with Crippen molar-refractivity contribution < 1.29 is 4.39 Å². The van der Waals surface area contributed by atoms with Crippen molar-refractivity contribution in [2.75, 3.05) is 0 Å². The fraction of sp³-hybridized carbons (Fsp3) is 0. The predicted molar refractivity (Wildman–Crippen MR) is 46.8 cm³/mol. The summed E-state index contributed by atoms with van der Waals surface area (Å²) in [6, 6.07) is 5.91. The molecule has 4 heteroatoms. The first-order valence-electron chi connectivity index (χ1n) is 3.79. The summed E-state index contributed by atoms with van der Waals surface area (Å²) in [5.41, 5.74) is 1.17. The molecule has 2 rings (SSSR count). The smallest absolute Gasteiger partial charge is 0.312 e. The summed E-state index contributed by atoms with van der Waals surface area (Å²) in [7, 11) is 0. The Morgan fingerprint density at radius 2 is 1.85 bits per heavy atom. The maximum Gasteiger partial charge on any atom is 0.323 e. The van der Waals surface area contributed by atoms with Gasteiger partial charge < -0.3 is 9.97 Å². The van der Waals surface area contributed by atoms with Gasteiger partial charge in [-0.25, -0.2) is 9.18 Å². The SMILES string of the molecule is O=c1[nH]cc(-c2ccc(F)cc2)[nH]1. The van der Waals surface area contributed by atoms with Crippen molar-refractivity contribution in [3.8, 4) is 11.3 Å². The molecule has 1 heterocycles. The summed E-state index contributed by atoms with van der Waals surface area (Å²) >= 11 is 0. The molecule has 0 aliphatic rings. The van der Waals surface area contributed by atoms with E-state index in [-0.39, 0.29) is 11.5 Å². The van der Waals surface area contributed by atoms with Gasteiger partial charge in [0.05, 0.1) is 5.69 Å². The van der Waals surface area contributed by atoms with Crippen molar-refractivity contribution in [1.29, 1.82) is 0 Å². The number of aromatic amines is 2. The van der Waals surface area contributed by atoms with Gasteiger partial charge in [-0.15, -0.1) is 0 Å². The van der Waals surface area contributed by atoms with Gasteiger partial charge in [0.25, 0.3) is 0 Å². The number of imidazole rings is 1. The van der Waals surface area contributed by atoms with Crippen molar-refractivity contribution in [1.82, 2.24) is 9.97 Å². The minimum absolute atomic E-state index is 0.265. The van der Waals surface area contributed by atoms with Crippen LogP contribution in [0.3, 0.4) is 0 Å². The van der Waals surface area contributed by atoms with Crippen molar-refractivity contribution >= 4 is 0 Å². The third-order valence-corrected chi connectivity index (χ3v) is 1.75. The van der Waals surface area contributed by atoms with Crippen molar-refractivity contribution in [2.24, 2.45) is 0 Å². The zero-order valence-corrected chi connectivity index (χ0v) is 6.67. The maximum atomic E-state index is 12.5. The van der Waals surface area contributed by atoms with Gasteiger partial charge in [0.2, 0.25) is 0 Å². The minimum atomic E-state index is -0.290. The van der Waals surface area contributed by atoms with Gasteiger partial charge in [-0.1, -0.05) is 0 Å². The first-order chi connectivity index (χ1) is 6.25. The number of halogens is 1. The molecule has 0 aliphatic carbocycles. The number of benzene rings is 1. The van der Waals surface area contributed by atoms with E-state index in [1.807, 2.05) is 0 Å². The lowest BCUT2D eigenvalue weighted by Gasteiger charge is -1.94. The van der Waals surface area contributed by atoms with Gasteiger partial charge in [-0.05, 0) is 29.8 Å². The first-order valence-corrected chi connectivity index (χ1v) is 3.79. The Balaban J connectivity index is 2.47. The molecule has 0 saturated carbocycles. The Morgan fingerprint density at radius 3 is 2.38 bits per heavy atom. The fourth-order valence-electron chi connectivity index (χ4n) is 1.12. The molecule has 0 spiro atoms. The molecular weight excluding hydrogens is 171 g/mol. The summed E-state index contributed by atoms with van der Waals surface area (Å²) < 4.78 is 12.5. The Kier molecular flexibility index (Phi) is 1.73. The fourth-order valence-corrected chi connectivity index (χ4v) is 1.12. The van der Waals surface area contributed by atoms with E-state index in [2.05, 4.69) is 9.97 Å². The average Bonchev–Trinajstić information content (AvgIpc) is 2.53. The number of hydrogen-bond donors (Lipinski definition) is 2. The van der Waals surface area contributed by atoms with Crippen molar-refractivity contribution in [3.63, 3.8) is 0 Å². The highest BCUT2D eigenvalue weighted by molar-refractivity contribution is 5.57. The second kappa shape index (κ2) is 2.90. The van der Waals surface area contributed by atoms with Crippen LogP contribution in [0.4, 0.5) is 4.39 Å². The van der Waals surface area contributed by atoms with Crippen LogP contribution in [0.1, 0.15) is 0 Å². The Bertz CT molecular complexity index is 455. The van der Waals surface area contributed by atoms with E-state index in [0.29, 0.717) is 5.69 Å². The lowest BCUT2D eigenvalue weighted by atomic mass is 10.2. The molecule has 0 bridgehead atoms. The predicted octanol–water partition coefficient (Wildman–Crippen LogP) is 1.51. The van der Waals surface area contributed by atoms with Crippen molar-refractivity contribution in [3.05, 3.63) is 46.8 Å². The molecular formula is C9H7FN2O. The molecule has 2 aromatic rings. The molecule has 0 unspecified atom stereocenters. The van der Waals surface area contributed by atoms with Gasteiger partial charge in [0.1, 0.15) is 5.82 Å². The van der Waals surface area contributed by atoms with E-state index in [1.54, 1.807) is 18.3 Å². The molecule has 3 nitrogen and oxygen atoms in total. The number of hydrogen-bond acceptors (Lipinski definition) is 1. The second-order valence-electron chi connectivity index (χ2n) is 2.66. The van der Waals surface area contributed by atoms with Crippen LogP contribution in [0, 0.1) is 5.82 Å². The van der Waals surface area contributed by atoms with E-state index < -0.39 is 0 Å². The van der Waals surface area contributed by atoms with Gasteiger partial charge in [-0.3, -0.25) is 0 Å². The molecule has 0 saturated heterocycles. The summed E-state index contributed by atoms with van der Waals surface area (Å²) in [6.45, 7) is 0. The van der Waals surface area contributed by atoms with Gasteiger partial charge in [0.15, 0.2) is 0 Å². The molecule has 13 heavy (non-hydrogen) atoms. The summed E-state index contributed by atoms with van der Waals surface area (Å²) in [4.78, 5) is 15.8. The Morgan fingerprint density at radius 1 is 1.15 bits per heavy atom. The van der Waals surface area contributed by atoms with Crippen LogP contribution in [0.15, 0.2) is 35.3 Å². The van der Waals surface area contributed by atoms with Gasteiger partial charge >= 0.3 is 5.69 Å². The highest BCUT2D eigenvalue weighted by atomic mass is 19.1. The summed E-state index contributed by atoms with van der Waals surface area (Å²) in [6.07, 6.45) is 1.55. The van der Waals surface area contributed by atoms with E-state index in [4.69, 9.17) is 0 Å². The van der Waals surface area contributed by atoms with Crippen LogP contribution in [-0.2, 0) is 0 Å². The molecule has 0 atom stereocenters. The van der Waals surface area contributed by atoms with Gasteiger partial charge in [-0.2, -0.15) is 0 Å². The lowest BCUT2D eigenvalue weighted by molar-refractivity contribution is 0.628. The first kappa shape index (κ1) is 7.79. The normalized spacial score (nSPS) is 10.2. The van der Waals surface area contributed by atoms with Crippen LogP contribution in [0.25, 0.3) is 11.3 Å². The molecule has 0 aliphatic heterocycles. The van der Waals surface area contributed by atoms with E-state index >= 15 is 0 Å². The molecule has 0 amide bonds. The van der Waals surface area contributed by atoms with Crippen molar-refractivity contribution in [2.45, 2.75) is 0 Å². The largest absolute Gasteiger partial charge is 0.323 e. The number of nitrogens with one attached hydrogen (secondary N) is 2. The average molecular weight is 178 g/mol. The highest BCUT2D eigenvalue weighted by Crippen LogP contribution is 2.14. The van der Waals surface area contributed by atoms with Crippen LogP contribution in [0.2, 0.25) is 0 Å². The monoisotopic (exact) mass is 178 g/mol. The number of rotatable bonds is 1. The standard InChI is InChI=1S/C9H7FN2O/c10-7-3-1-6(2-4-7)8-5-11-9(13)12-8/h1-5H,(H2,11,12,13). The van der Waals surface area contributed by atoms with Crippen LogP contribution >= 0.6 is 0 Å². The highest BCUT2D eigenvalue weighted by Gasteiger charge is 1.99. The quantitative estimate of drug-likeness (QED) is 0.683.